The predicted octanol–water partition coefficient (Wildman–Crippen LogP) is 0.921. The van der Waals surface area contributed by atoms with Gasteiger partial charge >= 0.3 is 5.97 Å². The second-order valence-electron chi connectivity index (χ2n) is 3.68. The predicted molar refractivity (Wildman–Crippen MR) is 56.8 cm³/mol. The van der Waals surface area contributed by atoms with Crippen LogP contribution in [0.5, 0.6) is 0 Å². The summed E-state index contributed by atoms with van der Waals surface area (Å²) in [5.74, 6) is -0.521. The van der Waals surface area contributed by atoms with Crippen LogP contribution in [0.2, 0.25) is 0 Å². The lowest BCUT2D eigenvalue weighted by Crippen LogP contribution is -2.08. The van der Waals surface area contributed by atoms with Crippen molar-refractivity contribution in [1.29, 1.82) is 0 Å². The van der Waals surface area contributed by atoms with E-state index in [0.717, 1.165) is 5.56 Å². The van der Waals surface area contributed by atoms with Gasteiger partial charge in [0.1, 0.15) is 5.56 Å². The normalized spacial score (nSPS) is 10.7. The van der Waals surface area contributed by atoms with Gasteiger partial charge in [0.25, 0.3) is 0 Å². The summed E-state index contributed by atoms with van der Waals surface area (Å²) in [6.45, 7) is 3.57. The van der Waals surface area contributed by atoms with Gasteiger partial charge < -0.3 is 5.11 Å². The van der Waals surface area contributed by atoms with Gasteiger partial charge in [-0.1, -0.05) is 0 Å². The third-order valence-corrected chi connectivity index (χ3v) is 2.33. The summed E-state index contributed by atoms with van der Waals surface area (Å²) in [6, 6.07) is 0. The van der Waals surface area contributed by atoms with E-state index in [4.69, 9.17) is 5.11 Å². The summed E-state index contributed by atoms with van der Waals surface area (Å²) in [4.78, 5) is 11.1. The fraction of sp³-hybridized carbons (Fsp3) is 0.300. The maximum absolute atomic E-state index is 11.1. The molecule has 0 saturated heterocycles. The first kappa shape index (κ1) is 10.4. The molecule has 2 aromatic heterocycles. The van der Waals surface area contributed by atoms with Crippen molar-refractivity contribution in [2.24, 2.45) is 7.05 Å². The van der Waals surface area contributed by atoms with Crippen molar-refractivity contribution in [2.45, 2.75) is 13.8 Å². The summed E-state index contributed by atoms with van der Waals surface area (Å²) < 4.78 is 3.05. The fourth-order valence-electron chi connectivity index (χ4n) is 1.69. The zero-order chi connectivity index (χ0) is 11.9. The number of carbonyl (C=O) groups is 1. The number of carboxylic acids is 1. The number of rotatable bonds is 2. The molecule has 0 radical (unpaired) electrons. The molecule has 2 aromatic rings. The molecule has 0 fully saturated rings. The van der Waals surface area contributed by atoms with Gasteiger partial charge in [-0.2, -0.15) is 10.2 Å². The van der Waals surface area contributed by atoms with Gasteiger partial charge in [-0.25, -0.2) is 14.2 Å². The van der Waals surface area contributed by atoms with Gasteiger partial charge in [0, 0.05) is 13.2 Å². The number of aromatic carboxylic acids is 1. The zero-order valence-electron chi connectivity index (χ0n) is 9.30. The summed E-state index contributed by atoms with van der Waals surface area (Å²) in [7, 11) is 1.70. The lowest BCUT2D eigenvalue weighted by Gasteiger charge is -2.02. The second-order valence-corrected chi connectivity index (χ2v) is 3.68. The Labute approximate surface area is 92.1 Å². The summed E-state index contributed by atoms with van der Waals surface area (Å²) in [6.07, 6.45) is 3.44. The van der Waals surface area contributed by atoms with Crippen molar-refractivity contribution in [3.63, 3.8) is 0 Å². The van der Waals surface area contributed by atoms with Crippen LogP contribution < -0.4 is 0 Å². The van der Waals surface area contributed by atoms with Gasteiger partial charge in [-0.05, 0) is 19.4 Å². The molecule has 84 valence electrons. The van der Waals surface area contributed by atoms with Crippen LogP contribution in [-0.2, 0) is 7.05 Å². The maximum Gasteiger partial charge on any atom is 0.341 e. The minimum atomic E-state index is -0.992. The first-order valence-electron chi connectivity index (χ1n) is 4.79. The van der Waals surface area contributed by atoms with Gasteiger partial charge in [-0.3, -0.25) is 0 Å². The van der Waals surface area contributed by atoms with E-state index in [9.17, 15) is 4.79 Å². The Balaban J connectivity index is 2.68. The van der Waals surface area contributed by atoms with E-state index in [1.165, 1.54) is 9.36 Å². The molecule has 0 unspecified atom stereocenters. The van der Waals surface area contributed by atoms with Crippen LogP contribution in [0.15, 0.2) is 12.4 Å². The van der Waals surface area contributed by atoms with Crippen LogP contribution in [0.3, 0.4) is 0 Å². The van der Waals surface area contributed by atoms with Crippen molar-refractivity contribution in [3.8, 4) is 5.82 Å². The molecule has 0 amide bonds. The zero-order valence-corrected chi connectivity index (χ0v) is 9.30. The van der Waals surface area contributed by atoms with E-state index in [-0.39, 0.29) is 5.56 Å². The standard InChI is InChI=1S/C10H12N4O2/c1-6-4-11-14(5-6)9-8(10(15)16)7(2)12-13(9)3/h4-5H,1-3H3,(H,15,16). The molecule has 0 atom stereocenters. The molecule has 0 aliphatic carbocycles. The third-order valence-electron chi connectivity index (χ3n) is 2.33. The molecule has 6 heteroatoms. The summed E-state index contributed by atoms with van der Waals surface area (Å²) >= 11 is 0. The molecule has 0 bridgehead atoms. The molecule has 0 spiro atoms. The molecule has 16 heavy (non-hydrogen) atoms. The lowest BCUT2D eigenvalue weighted by molar-refractivity contribution is 0.0696. The molecule has 0 aromatic carbocycles. The van der Waals surface area contributed by atoms with E-state index in [2.05, 4.69) is 10.2 Å². The van der Waals surface area contributed by atoms with Crippen LogP contribution in [0.4, 0.5) is 0 Å². The molecule has 1 N–H and O–H groups in total. The van der Waals surface area contributed by atoms with Crippen molar-refractivity contribution < 1.29 is 9.90 Å². The van der Waals surface area contributed by atoms with E-state index in [1.54, 1.807) is 26.4 Å². The Kier molecular flexibility index (Phi) is 2.26. The monoisotopic (exact) mass is 220 g/mol. The SMILES string of the molecule is Cc1cnn(-c2c(C(=O)O)c(C)nn2C)c1. The Morgan fingerprint density at radius 2 is 2.12 bits per heavy atom. The number of hydrogen-bond acceptors (Lipinski definition) is 3. The number of carboxylic acid groups (broad SMARTS) is 1. The van der Waals surface area contributed by atoms with E-state index in [0.29, 0.717) is 11.5 Å². The van der Waals surface area contributed by atoms with Crippen molar-refractivity contribution in [3.05, 3.63) is 29.2 Å². The van der Waals surface area contributed by atoms with Crippen molar-refractivity contribution in [2.75, 3.05) is 0 Å². The molecule has 6 nitrogen and oxygen atoms in total. The van der Waals surface area contributed by atoms with Crippen LogP contribution >= 0.6 is 0 Å². The number of aromatic nitrogens is 4. The molecule has 2 rings (SSSR count). The van der Waals surface area contributed by atoms with Crippen LogP contribution in [0, 0.1) is 13.8 Å². The molecule has 0 aliphatic heterocycles. The molecule has 0 saturated carbocycles. The quantitative estimate of drug-likeness (QED) is 0.816. The third kappa shape index (κ3) is 1.48. The number of aryl methyl sites for hydroxylation is 3. The largest absolute Gasteiger partial charge is 0.477 e. The van der Waals surface area contributed by atoms with Gasteiger partial charge in [0.05, 0.1) is 11.9 Å². The molecular formula is C10H12N4O2. The molecule has 2 heterocycles. The summed E-state index contributed by atoms with van der Waals surface area (Å²) in [5, 5.41) is 17.3. The average molecular weight is 220 g/mol. The Morgan fingerprint density at radius 3 is 2.62 bits per heavy atom. The van der Waals surface area contributed by atoms with Crippen molar-refractivity contribution in [1.82, 2.24) is 19.6 Å². The van der Waals surface area contributed by atoms with Gasteiger partial charge in [0.2, 0.25) is 0 Å². The lowest BCUT2D eigenvalue weighted by atomic mass is 10.2. The maximum atomic E-state index is 11.1. The Bertz CT molecular complexity index is 553. The average Bonchev–Trinajstić information content (AvgIpc) is 2.69. The first-order valence-corrected chi connectivity index (χ1v) is 4.79. The van der Waals surface area contributed by atoms with Crippen LogP contribution in [-0.4, -0.2) is 30.6 Å². The first-order chi connectivity index (χ1) is 7.50. The van der Waals surface area contributed by atoms with E-state index < -0.39 is 5.97 Å². The number of nitrogens with zero attached hydrogens (tertiary/aromatic N) is 4. The van der Waals surface area contributed by atoms with Crippen LogP contribution in [0.1, 0.15) is 21.6 Å². The van der Waals surface area contributed by atoms with Crippen LogP contribution in [0.25, 0.3) is 5.82 Å². The highest BCUT2D eigenvalue weighted by molar-refractivity contribution is 5.92. The topological polar surface area (TPSA) is 72.9 Å². The molecular weight excluding hydrogens is 208 g/mol. The van der Waals surface area contributed by atoms with Crippen molar-refractivity contribution >= 4 is 5.97 Å². The Morgan fingerprint density at radius 1 is 1.44 bits per heavy atom. The van der Waals surface area contributed by atoms with Gasteiger partial charge in [0.15, 0.2) is 5.82 Å². The fourth-order valence-corrected chi connectivity index (χ4v) is 1.69. The highest BCUT2D eigenvalue weighted by Gasteiger charge is 2.21. The number of hydrogen-bond donors (Lipinski definition) is 1. The summed E-state index contributed by atoms with van der Waals surface area (Å²) in [5.41, 5.74) is 1.64. The highest BCUT2D eigenvalue weighted by Crippen LogP contribution is 2.17. The highest BCUT2D eigenvalue weighted by atomic mass is 16.4. The second kappa shape index (κ2) is 3.48. The van der Waals surface area contributed by atoms with E-state index >= 15 is 0 Å². The smallest absolute Gasteiger partial charge is 0.341 e. The Hall–Kier alpha value is -2.11. The minimum Gasteiger partial charge on any atom is -0.477 e. The minimum absolute atomic E-state index is 0.186. The molecule has 0 aliphatic rings. The van der Waals surface area contributed by atoms with E-state index in [1.807, 2.05) is 6.92 Å². The van der Waals surface area contributed by atoms with Gasteiger partial charge in [-0.15, -0.1) is 0 Å².